The lowest BCUT2D eigenvalue weighted by Crippen LogP contribution is -2.54. The fourth-order valence-electron chi connectivity index (χ4n) is 3.20. The smallest absolute Gasteiger partial charge is 0.169 e. The second-order valence-corrected chi connectivity index (χ2v) is 6.70. The largest absolute Gasteiger partial charge is 0.487 e. The summed E-state index contributed by atoms with van der Waals surface area (Å²) in [6.07, 6.45) is 0.129. The van der Waals surface area contributed by atoms with E-state index in [0.717, 1.165) is 50.7 Å². The van der Waals surface area contributed by atoms with Crippen LogP contribution in [0.4, 0.5) is 17.2 Å². The lowest BCUT2D eigenvalue weighted by molar-refractivity contribution is 0.167. The van der Waals surface area contributed by atoms with Crippen molar-refractivity contribution in [3.8, 4) is 5.75 Å². The van der Waals surface area contributed by atoms with Crippen LogP contribution < -0.4 is 25.6 Å². The highest BCUT2D eigenvalue weighted by molar-refractivity contribution is 6.29. The van der Waals surface area contributed by atoms with Gasteiger partial charge in [-0.1, -0.05) is 17.7 Å². The van der Waals surface area contributed by atoms with E-state index in [9.17, 15) is 0 Å². The van der Waals surface area contributed by atoms with Crippen LogP contribution in [0.5, 0.6) is 5.75 Å². The molecular weight excluding hydrogens is 340 g/mol. The van der Waals surface area contributed by atoms with Gasteiger partial charge in [0.1, 0.15) is 11.9 Å². The Morgan fingerprint density at radius 1 is 1.12 bits per heavy atom. The molecule has 1 aromatic heterocycles. The number of rotatable bonds is 4. The van der Waals surface area contributed by atoms with Crippen LogP contribution in [0.25, 0.3) is 0 Å². The third kappa shape index (κ3) is 3.57. The molecule has 2 fully saturated rings. The first-order chi connectivity index (χ1) is 12.2. The molecule has 7 nitrogen and oxygen atoms in total. The number of piperazine rings is 1. The molecule has 0 aliphatic carbocycles. The molecule has 0 amide bonds. The van der Waals surface area contributed by atoms with Crippen LogP contribution in [0, 0.1) is 0 Å². The number of hydrogen-bond donors (Lipinski definition) is 2. The SMILES string of the molecule is Nc1nnc(Cl)cc1N1CC(Oc2cccc(N3CCNCC3)c2)C1. The maximum absolute atomic E-state index is 6.11. The molecule has 8 heteroatoms. The Morgan fingerprint density at radius 3 is 2.72 bits per heavy atom. The predicted octanol–water partition coefficient (Wildman–Crippen LogP) is 1.39. The summed E-state index contributed by atoms with van der Waals surface area (Å²) in [5.74, 6) is 1.29. The van der Waals surface area contributed by atoms with E-state index in [0.29, 0.717) is 11.0 Å². The molecule has 3 N–H and O–H groups in total. The Hall–Kier alpha value is -2.25. The van der Waals surface area contributed by atoms with Crippen molar-refractivity contribution in [3.05, 3.63) is 35.5 Å². The molecule has 3 heterocycles. The van der Waals surface area contributed by atoms with Crippen molar-refractivity contribution in [3.63, 3.8) is 0 Å². The van der Waals surface area contributed by atoms with Gasteiger partial charge in [0.2, 0.25) is 0 Å². The summed E-state index contributed by atoms with van der Waals surface area (Å²) in [5.41, 5.74) is 7.90. The number of aromatic nitrogens is 2. The van der Waals surface area contributed by atoms with E-state index >= 15 is 0 Å². The molecule has 0 atom stereocenters. The second-order valence-electron chi connectivity index (χ2n) is 6.32. The van der Waals surface area contributed by atoms with Crippen LogP contribution in [0.3, 0.4) is 0 Å². The zero-order chi connectivity index (χ0) is 17.2. The molecule has 2 saturated heterocycles. The van der Waals surface area contributed by atoms with Crippen molar-refractivity contribution < 1.29 is 4.74 Å². The van der Waals surface area contributed by atoms with E-state index in [4.69, 9.17) is 22.1 Å². The summed E-state index contributed by atoms with van der Waals surface area (Å²) < 4.78 is 6.11. The van der Waals surface area contributed by atoms with Gasteiger partial charge in [-0.25, -0.2) is 0 Å². The van der Waals surface area contributed by atoms with Crippen molar-refractivity contribution >= 4 is 28.8 Å². The van der Waals surface area contributed by atoms with Crippen molar-refractivity contribution in [2.24, 2.45) is 0 Å². The molecule has 0 saturated carbocycles. The Balaban J connectivity index is 1.37. The summed E-state index contributed by atoms with van der Waals surface area (Å²) in [6.45, 7) is 5.60. The van der Waals surface area contributed by atoms with Crippen LogP contribution in [-0.4, -0.2) is 55.6 Å². The van der Waals surface area contributed by atoms with Crippen molar-refractivity contribution in [2.45, 2.75) is 6.10 Å². The zero-order valence-corrected chi connectivity index (χ0v) is 14.6. The van der Waals surface area contributed by atoms with Gasteiger partial charge in [0.25, 0.3) is 0 Å². The molecule has 2 aromatic rings. The Bertz CT molecular complexity index is 746. The fourth-order valence-corrected chi connectivity index (χ4v) is 3.34. The normalized spacial score (nSPS) is 18.1. The molecular formula is C17H21ClN6O. The van der Waals surface area contributed by atoms with Crippen LogP contribution >= 0.6 is 11.6 Å². The molecule has 2 aliphatic rings. The minimum Gasteiger partial charge on any atom is -0.487 e. The zero-order valence-electron chi connectivity index (χ0n) is 13.9. The van der Waals surface area contributed by atoms with Gasteiger partial charge in [-0.05, 0) is 12.1 Å². The number of nitrogens with zero attached hydrogens (tertiary/aromatic N) is 4. The molecule has 1 aromatic carbocycles. The maximum Gasteiger partial charge on any atom is 0.169 e. The fraction of sp³-hybridized carbons (Fsp3) is 0.412. The molecule has 25 heavy (non-hydrogen) atoms. The van der Waals surface area contributed by atoms with E-state index in [-0.39, 0.29) is 6.10 Å². The number of nitrogens with two attached hydrogens (primary N) is 1. The number of benzene rings is 1. The van der Waals surface area contributed by atoms with Gasteiger partial charge in [0.15, 0.2) is 11.0 Å². The van der Waals surface area contributed by atoms with E-state index in [1.54, 1.807) is 6.07 Å². The quantitative estimate of drug-likeness (QED) is 0.852. The minimum atomic E-state index is 0.129. The number of halogens is 1. The first-order valence-corrected chi connectivity index (χ1v) is 8.83. The lowest BCUT2D eigenvalue weighted by Gasteiger charge is -2.40. The number of anilines is 3. The van der Waals surface area contributed by atoms with Gasteiger partial charge in [0.05, 0.1) is 18.8 Å². The lowest BCUT2D eigenvalue weighted by atomic mass is 10.1. The Kier molecular flexibility index (Phi) is 4.50. The minimum absolute atomic E-state index is 0.129. The molecule has 132 valence electrons. The van der Waals surface area contributed by atoms with Crippen molar-refractivity contribution in [1.82, 2.24) is 15.5 Å². The van der Waals surface area contributed by atoms with Gasteiger partial charge in [0, 0.05) is 44.0 Å². The summed E-state index contributed by atoms with van der Waals surface area (Å²) in [6, 6.07) is 10.1. The summed E-state index contributed by atoms with van der Waals surface area (Å²) in [4.78, 5) is 4.47. The van der Waals surface area contributed by atoms with E-state index < -0.39 is 0 Å². The molecule has 0 unspecified atom stereocenters. The van der Waals surface area contributed by atoms with Crippen LogP contribution in [0.2, 0.25) is 5.15 Å². The first-order valence-electron chi connectivity index (χ1n) is 8.45. The highest BCUT2D eigenvalue weighted by Crippen LogP contribution is 2.30. The van der Waals surface area contributed by atoms with E-state index in [2.05, 4.69) is 37.4 Å². The van der Waals surface area contributed by atoms with Gasteiger partial charge >= 0.3 is 0 Å². The average molecular weight is 361 g/mol. The molecule has 4 rings (SSSR count). The Labute approximate surface area is 151 Å². The Morgan fingerprint density at radius 2 is 1.92 bits per heavy atom. The van der Waals surface area contributed by atoms with Gasteiger partial charge in [-0.3, -0.25) is 0 Å². The topological polar surface area (TPSA) is 79.5 Å². The van der Waals surface area contributed by atoms with Gasteiger partial charge in [-0.2, -0.15) is 0 Å². The predicted molar refractivity (Wildman–Crippen MR) is 99.6 cm³/mol. The second kappa shape index (κ2) is 6.93. The molecule has 0 bridgehead atoms. The molecule has 0 radical (unpaired) electrons. The van der Waals surface area contributed by atoms with Crippen LogP contribution in [0.15, 0.2) is 30.3 Å². The number of nitrogen functional groups attached to an aromatic ring is 1. The number of nitrogens with one attached hydrogen (secondary N) is 1. The van der Waals surface area contributed by atoms with Gasteiger partial charge < -0.3 is 25.6 Å². The van der Waals surface area contributed by atoms with E-state index in [1.165, 1.54) is 5.69 Å². The summed E-state index contributed by atoms with van der Waals surface area (Å²) >= 11 is 5.90. The third-order valence-corrected chi connectivity index (χ3v) is 4.75. The highest BCUT2D eigenvalue weighted by atomic mass is 35.5. The highest BCUT2D eigenvalue weighted by Gasteiger charge is 2.30. The van der Waals surface area contributed by atoms with E-state index in [1.807, 2.05) is 12.1 Å². The van der Waals surface area contributed by atoms with Crippen LogP contribution in [0.1, 0.15) is 0 Å². The van der Waals surface area contributed by atoms with Crippen molar-refractivity contribution in [2.75, 3.05) is 54.8 Å². The average Bonchev–Trinajstić information content (AvgIpc) is 2.61. The third-order valence-electron chi connectivity index (χ3n) is 4.56. The first kappa shape index (κ1) is 16.2. The monoisotopic (exact) mass is 360 g/mol. The summed E-state index contributed by atoms with van der Waals surface area (Å²) in [7, 11) is 0. The molecule has 0 spiro atoms. The molecule has 2 aliphatic heterocycles. The summed E-state index contributed by atoms with van der Waals surface area (Å²) in [5, 5.41) is 11.3. The maximum atomic E-state index is 6.11. The number of hydrogen-bond acceptors (Lipinski definition) is 7. The van der Waals surface area contributed by atoms with Crippen molar-refractivity contribution in [1.29, 1.82) is 0 Å². The van der Waals surface area contributed by atoms with Gasteiger partial charge in [-0.15, -0.1) is 10.2 Å². The van der Waals surface area contributed by atoms with Crippen LogP contribution in [-0.2, 0) is 0 Å². The standard InChI is InChI=1S/C17H21ClN6O/c18-16-9-15(17(19)22-21-16)24-10-14(11-24)25-13-3-1-2-12(8-13)23-6-4-20-5-7-23/h1-3,8-9,14,20H,4-7,10-11H2,(H2,19,22). The number of ether oxygens (including phenoxy) is 1.